The van der Waals surface area contributed by atoms with Crippen LogP contribution in [0.3, 0.4) is 0 Å². The van der Waals surface area contributed by atoms with Crippen molar-refractivity contribution < 1.29 is 9.59 Å². The van der Waals surface area contributed by atoms with Crippen LogP contribution in [0.5, 0.6) is 0 Å². The van der Waals surface area contributed by atoms with Crippen molar-refractivity contribution in [3.63, 3.8) is 0 Å². The number of piperidine rings is 1. The van der Waals surface area contributed by atoms with Gasteiger partial charge in [-0.15, -0.1) is 10.2 Å². The van der Waals surface area contributed by atoms with Gasteiger partial charge in [-0.05, 0) is 19.3 Å². The number of fused-ring (bicyclic) bond motifs is 1. The van der Waals surface area contributed by atoms with E-state index in [2.05, 4.69) is 20.1 Å². The Morgan fingerprint density at radius 2 is 2.00 bits per heavy atom. The third-order valence-electron chi connectivity index (χ3n) is 4.86. The quantitative estimate of drug-likeness (QED) is 0.898. The lowest BCUT2D eigenvalue weighted by molar-refractivity contribution is -0.136. The number of nitrogens with one attached hydrogen (secondary N) is 1. The van der Waals surface area contributed by atoms with E-state index in [1.165, 1.54) is 0 Å². The molecule has 7 nitrogen and oxygen atoms in total. The SMILES string of the molecule is CC(C)(C)C(=O)NCC(=O)N1CCCC(c2nnc3n2CCC3)C1. The molecular formula is C17H27N5O2. The second-order valence-corrected chi connectivity index (χ2v) is 7.84. The molecule has 1 aromatic heterocycles. The molecule has 0 bridgehead atoms. The minimum Gasteiger partial charge on any atom is -0.347 e. The predicted octanol–water partition coefficient (Wildman–Crippen LogP) is 1.09. The Morgan fingerprint density at radius 3 is 2.75 bits per heavy atom. The molecule has 1 saturated heterocycles. The second-order valence-electron chi connectivity index (χ2n) is 7.84. The van der Waals surface area contributed by atoms with E-state index in [1.807, 2.05) is 25.7 Å². The van der Waals surface area contributed by atoms with Crippen molar-refractivity contribution in [2.24, 2.45) is 5.41 Å². The van der Waals surface area contributed by atoms with Gasteiger partial charge >= 0.3 is 0 Å². The van der Waals surface area contributed by atoms with Crippen LogP contribution < -0.4 is 5.32 Å². The monoisotopic (exact) mass is 333 g/mol. The number of hydrogen-bond donors (Lipinski definition) is 1. The molecule has 0 saturated carbocycles. The van der Waals surface area contributed by atoms with Gasteiger partial charge in [-0.2, -0.15) is 0 Å². The first-order chi connectivity index (χ1) is 11.4. The van der Waals surface area contributed by atoms with E-state index in [1.54, 1.807) is 0 Å². The minimum atomic E-state index is -0.479. The standard InChI is InChI=1S/C17H27N5O2/c1-17(2,3)16(24)18-10-14(23)21-8-4-6-12(11-21)15-20-19-13-7-5-9-22(13)15/h12H,4-11H2,1-3H3,(H,18,24). The molecule has 3 heterocycles. The molecule has 7 heteroatoms. The number of carbonyl (C=O) groups excluding carboxylic acids is 2. The van der Waals surface area contributed by atoms with Gasteiger partial charge in [-0.25, -0.2) is 0 Å². The fourth-order valence-corrected chi connectivity index (χ4v) is 3.42. The molecule has 24 heavy (non-hydrogen) atoms. The van der Waals surface area contributed by atoms with E-state index in [-0.39, 0.29) is 24.3 Å². The lowest BCUT2D eigenvalue weighted by Crippen LogP contribution is -2.46. The summed E-state index contributed by atoms with van der Waals surface area (Å²) < 4.78 is 2.22. The summed E-state index contributed by atoms with van der Waals surface area (Å²) in [4.78, 5) is 26.2. The van der Waals surface area contributed by atoms with Crippen molar-refractivity contribution in [2.75, 3.05) is 19.6 Å². The molecule has 1 unspecified atom stereocenters. The maximum Gasteiger partial charge on any atom is 0.241 e. The van der Waals surface area contributed by atoms with Crippen molar-refractivity contribution in [3.05, 3.63) is 11.6 Å². The van der Waals surface area contributed by atoms with Crippen LogP contribution in [0.1, 0.15) is 57.6 Å². The number of hydrogen-bond acceptors (Lipinski definition) is 4. The second kappa shape index (κ2) is 6.53. The highest BCUT2D eigenvalue weighted by atomic mass is 16.2. The molecule has 1 aromatic rings. The Hall–Kier alpha value is -1.92. The predicted molar refractivity (Wildman–Crippen MR) is 89.4 cm³/mol. The van der Waals surface area contributed by atoms with Crippen molar-refractivity contribution in [3.8, 4) is 0 Å². The molecule has 0 aliphatic carbocycles. The molecule has 2 aliphatic rings. The summed E-state index contributed by atoms with van der Waals surface area (Å²) in [6.07, 6.45) is 4.13. The topological polar surface area (TPSA) is 80.1 Å². The Morgan fingerprint density at radius 1 is 1.21 bits per heavy atom. The zero-order valence-corrected chi connectivity index (χ0v) is 14.8. The summed E-state index contributed by atoms with van der Waals surface area (Å²) in [7, 11) is 0. The summed E-state index contributed by atoms with van der Waals surface area (Å²) in [5.41, 5.74) is -0.479. The number of amides is 2. The first-order valence-corrected chi connectivity index (χ1v) is 8.84. The van der Waals surface area contributed by atoms with Crippen LogP contribution in [0.2, 0.25) is 0 Å². The van der Waals surface area contributed by atoms with Crippen LogP contribution in [0, 0.1) is 5.41 Å². The number of aromatic nitrogens is 3. The maximum atomic E-state index is 12.4. The first-order valence-electron chi connectivity index (χ1n) is 8.84. The summed E-state index contributed by atoms with van der Waals surface area (Å²) in [5, 5.41) is 11.4. The molecule has 0 spiro atoms. The third kappa shape index (κ3) is 3.44. The molecule has 1 fully saturated rings. The van der Waals surface area contributed by atoms with Gasteiger partial charge in [-0.1, -0.05) is 20.8 Å². The highest BCUT2D eigenvalue weighted by molar-refractivity contribution is 5.87. The highest BCUT2D eigenvalue weighted by Gasteiger charge is 2.30. The smallest absolute Gasteiger partial charge is 0.241 e. The number of rotatable bonds is 3. The van der Waals surface area contributed by atoms with Crippen LogP contribution >= 0.6 is 0 Å². The highest BCUT2D eigenvalue weighted by Crippen LogP contribution is 2.28. The van der Waals surface area contributed by atoms with Crippen molar-refractivity contribution in [1.29, 1.82) is 0 Å². The summed E-state index contributed by atoms with van der Waals surface area (Å²) in [6.45, 7) is 8.01. The lowest BCUT2D eigenvalue weighted by Gasteiger charge is -2.32. The van der Waals surface area contributed by atoms with Crippen LogP contribution in [-0.2, 0) is 22.6 Å². The number of likely N-dealkylation sites (tertiary alicyclic amines) is 1. The molecule has 2 amide bonds. The van der Waals surface area contributed by atoms with Crippen LogP contribution in [0.15, 0.2) is 0 Å². The van der Waals surface area contributed by atoms with E-state index in [0.717, 1.165) is 50.4 Å². The van der Waals surface area contributed by atoms with Crippen molar-refractivity contribution >= 4 is 11.8 Å². The van der Waals surface area contributed by atoms with Crippen molar-refractivity contribution in [2.45, 2.75) is 58.9 Å². The van der Waals surface area contributed by atoms with E-state index in [9.17, 15) is 9.59 Å². The number of nitrogens with zero attached hydrogens (tertiary/aromatic N) is 4. The van der Waals surface area contributed by atoms with Gasteiger partial charge in [0.25, 0.3) is 0 Å². The van der Waals surface area contributed by atoms with Crippen LogP contribution in [0.25, 0.3) is 0 Å². The van der Waals surface area contributed by atoms with E-state index >= 15 is 0 Å². The van der Waals surface area contributed by atoms with E-state index in [0.29, 0.717) is 6.54 Å². The van der Waals surface area contributed by atoms with Gasteiger partial charge in [-0.3, -0.25) is 9.59 Å². The van der Waals surface area contributed by atoms with Gasteiger partial charge < -0.3 is 14.8 Å². The fraction of sp³-hybridized carbons (Fsp3) is 0.765. The molecule has 0 aromatic carbocycles. The molecule has 3 rings (SSSR count). The largest absolute Gasteiger partial charge is 0.347 e. The van der Waals surface area contributed by atoms with Gasteiger partial charge in [0.15, 0.2) is 0 Å². The van der Waals surface area contributed by atoms with Crippen LogP contribution in [-0.4, -0.2) is 51.1 Å². The van der Waals surface area contributed by atoms with Gasteiger partial charge in [0, 0.05) is 37.4 Å². The number of aryl methyl sites for hydroxylation is 1. The normalized spacial score (nSPS) is 20.8. The molecule has 1 atom stereocenters. The van der Waals surface area contributed by atoms with Crippen LogP contribution in [0.4, 0.5) is 0 Å². The van der Waals surface area contributed by atoms with Gasteiger partial charge in [0.05, 0.1) is 6.54 Å². The molecule has 1 N–H and O–H groups in total. The maximum absolute atomic E-state index is 12.4. The van der Waals surface area contributed by atoms with Gasteiger partial charge in [0.2, 0.25) is 11.8 Å². The van der Waals surface area contributed by atoms with Gasteiger partial charge in [0.1, 0.15) is 11.6 Å². The average Bonchev–Trinajstić information content (AvgIpc) is 3.14. The molecule has 132 valence electrons. The summed E-state index contributed by atoms with van der Waals surface area (Å²) in [5.74, 6) is 2.24. The minimum absolute atomic E-state index is 0.0153. The van der Waals surface area contributed by atoms with Crippen molar-refractivity contribution in [1.82, 2.24) is 25.0 Å². The first kappa shape index (κ1) is 16.9. The molecular weight excluding hydrogens is 306 g/mol. The summed E-state index contributed by atoms with van der Waals surface area (Å²) in [6, 6.07) is 0. The third-order valence-corrected chi connectivity index (χ3v) is 4.86. The Bertz CT molecular complexity index is 631. The summed E-state index contributed by atoms with van der Waals surface area (Å²) >= 11 is 0. The van der Waals surface area contributed by atoms with E-state index < -0.39 is 5.41 Å². The number of carbonyl (C=O) groups is 2. The molecule has 2 aliphatic heterocycles. The average molecular weight is 333 g/mol. The zero-order valence-electron chi connectivity index (χ0n) is 14.8. The molecule has 0 radical (unpaired) electrons. The Kier molecular flexibility index (Phi) is 4.60. The Balaban J connectivity index is 1.59. The zero-order chi connectivity index (χ0) is 17.3. The lowest BCUT2D eigenvalue weighted by atomic mass is 9.95. The Labute approximate surface area is 142 Å². The van der Waals surface area contributed by atoms with E-state index in [4.69, 9.17) is 0 Å². The fourth-order valence-electron chi connectivity index (χ4n) is 3.42.